The smallest absolute Gasteiger partial charge is 0.259 e. The number of pyridine rings is 2. The van der Waals surface area contributed by atoms with E-state index in [2.05, 4.69) is 20.5 Å². The average molecular weight is 659 g/mol. The molecule has 5 rings (SSSR count). The molecule has 2 amide bonds. The topological polar surface area (TPSA) is 137 Å². The lowest BCUT2D eigenvalue weighted by atomic mass is 10.0. The van der Waals surface area contributed by atoms with Crippen LogP contribution in [0, 0.1) is 0 Å². The second-order valence-corrected chi connectivity index (χ2v) is 11.1. The number of rotatable bonds is 8. The lowest BCUT2D eigenvalue weighted by Crippen LogP contribution is -2.38. The first-order valence-electron chi connectivity index (χ1n) is 13.6. The zero-order valence-corrected chi connectivity index (χ0v) is 25.7. The van der Waals surface area contributed by atoms with Crippen LogP contribution in [0.5, 0.6) is 5.75 Å². The van der Waals surface area contributed by atoms with Crippen LogP contribution in [0.2, 0.25) is 10.0 Å². The van der Waals surface area contributed by atoms with E-state index in [1.165, 1.54) is 24.4 Å². The molecule has 2 aromatic carbocycles. The van der Waals surface area contributed by atoms with Crippen LogP contribution in [0.15, 0.2) is 77.9 Å². The van der Waals surface area contributed by atoms with Crippen LogP contribution in [0.4, 0.5) is 11.5 Å². The van der Waals surface area contributed by atoms with E-state index < -0.39 is 17.6 Å². The number of anilines is 2. The number of benzene rings is 2. The van der Waals surface area contributed by atoms with Crippen molar-refractivity contribution in [2.75, 3.05) is 30.3 Å². The highest BCUT2D eigenvalue weighted by atomic mass is 35.5. The Kier molecular flexibility index (Phi) is 11.0. The monoisotopic (exact) mass is 657 g/mol. The fraction of sp³-hybridized carbons (Fsp3) is 0.226. The molecule has 230 valence electrons. The van der Waals surface area contributed by atoms with E-state index in [0.717, 1.165) is 25.9 Å². The molecule has 0 saturated carbocycles. The van der Waals surface area contributed by atoms with Gasteiger partial charge in [-0.3, -0.25) is 14.4 Å². The lowest BCUT2D eigenvalue weighted by Gasteiger charge is -2.29. The van der Waals surface area contributed by atoms with Crippen LogP contribution in [-0.2, 0) is 6.54 Å². The first-order valence-corrected chi connectivity index (χ1v) is 14.4. The van der Waals surface area contributed by atoms with Gasteiger partial charge in [-0.15, -0.1) is 12.4 Å². The van der Waals surface area contributed by atoms with Gasteiger partial charge in [0, 0.05) is 60.8 Å². The van der Waals surface area contributed by atoms with Gasteiger partial charge in [0.15, 0.2) is 0 Å². The minimum Gasteiger partial charge on any atom is -0.506 e. The predicted octanol–water partition coefficient (Wildman–Crippen LogP) is 5.31. The summed E-state index contributed by atoms with van der Waals surface area (Å²) < 4.78 is 1.66. The van der Waals surface area contributed by atoms with Crippen molar-refractivity contribution in [3.05, 3.63) is 105 Å². The van der Waals surface area contributed by atoms with Crippen molar-refractivity contribution in [1.29, 1.82) is 0 Å². The van der Waals surface area contributed by atoms with E-state index in [1.54, 1.807) is 47.2 Å². The number of carbonyl (C=O) groups is 2. The Balaban J connectivity index is 0.00000442. The molecule has 1 aliphatic heterocycles. The Bertz CT molecular complexity index is 1690. The summed E-state index contributed by atoms with van der Waals surface area (Å²) in [5.41, 5.74) is 1.04. The number of phenols is 1. The largest absolute Gasteiger partial charge is 0.506 e. The van der Waals surface area contributed by atoms with Gasteiger partial charge in [-0.1, -0.05) is 35.3 Å². The van der Waals surface area contributed by atoms with E-state index in [0.29, 0.717) is 29.2 Å². The molecule has 0 spiro atoms. The van der Waals surface area contributed by atoms with E-state index in [1.807, 2.05) is 6.07 Å². The molecular formula is C31H30Cl3N5O5. The molecule has 1 fully saturated rings. The SMILES string of the molecule is Cl.O=C(Nc1c(O)cc(Cl)cc1C(=O)Nc1ccc(Cl)cn1)c1ccc(-c2cccn(CCN3CCC(O)CC3)c2=O)cc1. The Labute approximate surface area is 269 Å². The molecule has 4 aromatic rings. The summed E-state index contributed by atoms with van der Waals surface area (Å²) in [6.07, 6.45) is 4.35. The summed E-state index contributed by atoms with van der Waals surface area (Å²) in [5.74, 6) is -1.42. The Morgan fingerprint density at radius 1 is 0.932 bits per heavy atom. The number of nitrogens with zero attached hydrogens (tertiary/aromatic N) is 3. The van der Waals surface area contributed by atoms with E-state index >= 15 is 0 Å². The van der Waals surface area contributed by atoms with E-state index in [9.17, 15) is 24.6 Å². The second-order valence-electron chi connectivity index (χ2n) is 10.2. The quantitative estimate of drug-likeness (QED) is 0.189. The highest BCUT2D eigenvalue weighted by Crippen LogP contribution is 2.33. The summed E-state index contributed by atoms with van der Waals surface area (Å²) in [6, 6.07) is 15.6. The van der Waals surface area contributed by atoms with Crippen molar-refractivity contribution in [2.45, 2.75) is 25.5 Å². The Morgan fingerprint density at radius 2 is 1.66 bits per heavy atom. The Morgan fingerprint density at radius 3 is 2.34 bits per heavy atom. The van der Waals surface area contributed by atoms with Crippen LogP contribution in [-0.4, -0.2) is 62.2 Å². The molecule has 0 radical (unpaired) electrons. The molecule has 1 saturated heterocycles. The fourth-order valence-corrected chi connectivity index (χ4v) is 5.17. The summed E-state index contributed by atoms with van der Waals surface area (Å²) in [7, 11) is 0. The number of aromatic nitrogens is 2. The van der Waals surface area contributed by atoms with Gasteiger partial charge in [-0.2, -0.15) is 0 Å². The van der Waals surface area contributed by atoms with Crippen LogP contribution in [0.25, 0.3) is 11.1 Å². The standard InChI is InChI=1S/C31H29Cl2N5O5.ClH/c32-21-7-8-27(34-18-21)35-30(42)25-16-22(33)17-26(40)28(25)36-29(41)20-5-3-19(4-6-20)24-2-1-11-38(31(24)43)15-14-37-12-9-23(39)10-13-37;/h1-8,11,16-18,23,39-40H,9-10,12-15H2,(H,36,41)(H,34,35,42);1H. The highest BCUT2D eigenvalue weighted by molar-refractivity contribution is 6.32. The first kappa shape index (κ1) is 33.0. The molecule has 10 nitrogen and oxygen atoms in total. The lowest BCUT2D eigenvalue weighted by molar-refractivity contribution is 0.0808. The molecule has 2 aromatic heterocycles. The van der Waals surface area contributed by atoms with Gasteiger partial charge in [0.1, 0.15) is 11.6 Å². The van der Waals surface area contributed by atoms with Gasteiger partial charge in [-0.05, 0) is 60.9 Å². The van der Waals surface area contributed by atoms with Crippen molar-refractivity contribution in [1.82, 2.24) is 14.5 Å². The minimum absolute atomic E-state index is 0. The van der Waals surface area contributed by atoms with Crippen molar-refractivity contribution in [3.8, 4) is 16.9 Å². The number of nitrogens with one attached hydrogen (secondary N) is 2. The van der Waals surface area contributed by atoms with Gasteiger partial charge in [0.2, 0.25) is 0 Å². The Hall–Kier alpha value is -3.93. The maximum atomic E-state index is 13.2. The maximum Gasteiger partial charge on any atom is 0.259 e. The molecule has 0 atom stereocenters. The number of aliphatic hydroxyl groups excluding tert-OH is 1. The molecule has 0 aliphatic carbocycles. The van der Waals surface area contributed by atoms with Crippen LogP contribution >= 0.6 is 35.6 Å². The second kappa shape index (κ2) is 14.7. The van der Waals surface area contributed by atoms with Crippen LogP contribution in [0.1, 0.15) is 33.6 Å². The number of piperidine rings is 1. The summed E-state index contributed by atoms with van der Waals surface area (Å²) >= 11 is 11.9. The van der Waals surface area contributed by atoms with Crippen molar-refractivity contribution < 1.29 is 19.8 Å². The minimum atomic E-state index is -0.656. The van der Waals surface area contributed by atoms with Gasteiger partial charge < -0.3 is 30.3 Å². The molecular weight excluding hydrogens is 629 g/mol. The third kappa shape index (κ3) is 7.96. The molecule has 3 heterocycles. The number of phenolic OH excluding ortho intramolecular Hbond substituents is 1. The van der Waals surface area contributed by atoms with E-state index in [-0.39, 0.29) is 51.7 Å². The third-order valence-corrected chi connectivity index (χ3v) is 7.67. The van der Waals surface area contributed by atoms with Crippen LogP contribution < -0.4 is 16.2 Å². The molecule has 4 N–H and O–H groups in total. The number of amides is 2. The predicted molar refractivity (Wildman–Crippen MR) is 173 cm³/mol. The number of likely N-dealkylation sites (tertiary alicyclic amines) is 1. The first-order chi connectivity index (χ1) is 20.7. The zero-order chi connectivity index (χ0) is 30.5. The number of carbonyl (C=O) groups excluding carboxylic acids is 2. The van der Waals surface area contributed by atoms with Gasteiger partial charge >= 0.3 is 0 Å². The number of aromatic hydroxyl groups is 1. The molecule has 0 unspecified atom stereocenters. The fourth-order valence-electron chi connectivity index (χ4n) is 4.85. The molecule has 44 heavy (non-hydrogen) atoms. The van der Waals surface area contributed by atoms with Gasteiger partial charge in [-0.25, -0.2) is 4.98 Å². The zero-order valence-electron chi connectivity index (χ0n) is 23.4. The van der Waals surface area contributed by atoms with Crippen molar-refractivity contribution in [2.24, 2.45) is 0 Å². The van der Waals surface area contributed by atoms with E-state index in [4.69, 9.17) is 23.2 Å². The van der Waals surface area contributed by atoms with Crippen LogP contribution in [0.3, 0.4) is 0 Å². The average Bonchev–Trinajstić information content (AvgIpc) is 3.00. The highest BCUT2D eigenvalue weighted by Gasteiger charge is 2.21. The number of halogens is 3. The normalized spacial score (nSPS) is 13.6. The molecule has 13 heteroatoms. The summed E-state index contributed by atoms with van der Waals surface area (Å²) in [4.78, 5) is 45.6. The van der Waals surface area contributed by atoms with Gasteiger partial charge in [0.25, 0.3) is 17.4 Å². The molecule has 1 aliphatic rings. The number of aliphatic hydroxyl groups is 1. The van der Waals surface area contributed by atoms with Gasteiger partial charge in [0.05, 0.1) is 22.4 Å². The molecule has 0 bridgehead atoms. The third-order valence-electron chi connectivity index (χ3n) is 7.23. The number of hydrogen-bond acceptors (Lipinski definition) is 7. The number of hydrogen-bond donors (Lipinski definition) is 4. The maximum absolute atomic E-state index is 13.2. The summed E-state index contributed by atoms with van der Waals surface area (Å²) in [5, 5.41) is 25.9. The van der Waals surface area contributed by atoms with Crippen molar-refractivity contribution >= 4 is 58.9 Å². The summed E-state index contributed by atoms with van der Waals surface area (Å²) in [6.45, 7) is 2.85. The van der Waals surface area contributed by atoms with Crippen molar-refractivity contribution in [3.63, 3.8) is 0 Å².